The second kappa shape index (κ2) is 9.79. The first-order valence-electron chi connectivity index (χ1n) is 9.33. The topological polar surface area (TPSA) is 0 Å². The van der Waals surface area contributed by atoms with Gasteiger partial charge in [-0.15, -0.1) is 5.46 Å². The normalized spacial score (nSPS) is 11.1. The Morgan fingerprint density at radius 1 is 0.387 bits per heavy atom. The summed E-state index contributed by atoms with van der Waals surface area (Å²) in [6.07, 6.45) is -2.72. The van der Waals surface area contributed by atoms with Crippen molar-refractivity contribution in [2.75, 3.05) is 0 Å². The molecule has 0 unspecified atom stereocenters. The summed E-state index contributed by atoms with van der Waals surface area (Å²) < 4.78 is 73.0. The molecule has 0 nitrogen and oxygen atoms in total. The summed E-state index contributed by atoms with van der Waals surface area (Å²) in [7, 11) is 0. The Balaban J connectivity index is 0.00000272. The molecule has 0 radical (unpaired) electrons. The predicted octanol–water partition coefficient (Wildman–Crippen LogP) is 0.763. The molecule has 0 aromatic heterocycles. The van der Waals surface area contributed by atoms with Gasteiger partial charge in [-0.05, 0) is 0 Å². The van der Waals surface area contributed by atoms with Gasteiger partial charge < -0.3 is 0 Å². The van der Waals surface area contributed by atoms with Crippen molar-refractivity contribution in [1.29, 1.82) is 0 Å². The van der Waals surface area contributed by atoms with Crippen LogP contribution < -0.4 is 73.2 Å². The van der Waals surface area contributed by atoms with Gasteiger partial charge in [-0.2, -0.15) is 16.4 Å². The molecule has 0 aliphatic rings. The third kappa shape index (κ3) is 3.94. The van der Waals surface area contributed by atoms with Gasteiger partial charge in [0.1, 0.15) is 17.8 Å². The van der Waals surface area contributed by atoms with E-state index in [-0.39, 0.29) is 51.4 Å². The van der Waals surface area contributed by atoms with E-state index in [4.69, 9.17) is 0 Å². The van der Waals surface area contributed by atoms with Gasteiger partial charge in [0.05, 0.1) is 0 Å². The van der Waals surface area contributed by atoms with Gasteiger partial charge in [-0.1, -0.05) is 91.0 Å². The smallest absolute Gasteiger partial charge is 0.207 e. The van der Waals surface area contributed by atoms with Crippen molar-refractivity contribution < 1.29 is 73.3 Å². The quantitative estimate of drug-likeness (QED) is 0.187. The monoisotopic (exact) mass is 448 g/mol. The van der Waals surface area contributed by atoms with Gasteiger partial charge in [0.15, 0.2) is 17.5 Å². The Morgan fingerprint density at radius 3 is 0.935 bits per heavy atom. The third-order valence-corrected chi connectivity index (χ3v) is 5.58. The molecular formula is C24H15BF5K. The van der Waals surface area contributed by atoms with E-state index >= 15 is 8.78 Å². The molecule has 0 bridgehead atoms. The van der Waals surface area contributed by atoms with Crippen molar-refractivity contribution in [1.82, 2.24) is 0 Å². The van der Waals surface area contributed by atoms with E-state index in [1.54, 1.807) is 91.0 Å². The summed E-state index contributed by atoms with van der Waals surface area (Å²) in [6.45, 7) is 0. The van der Waals surface area contributed by atoms with Crippen molar-refractivity contribution in [3.8, 4) is 0 Å². The number of halogens is 5. The number of hydrogen-bond acceptors (Lipinski definition) is 0. The maximum Gasteiger partial charge on any atom is 1.00 e. The SMILES string of the molecule is Fc1c(F)c(F)c([B-](c2ccccc2)(c2ccccc2)c2ccccc2)c(F)c1F.[K+]. The molecule has 4 aromatic carbocycles. The van der Waals surface area contributed by atoms with Gasteiger partial charge in [-0.3, -0.25) is 0 Å². The van der Waals surface area contributed by atoms with Crippen LogP contribution in [0.4, 0.5) is 22.0 Å². The molecular weight excluding hydrogens is 433 g/mol. The molecule has 0 N–H and O–H groups in total. The standard InChI is InChI=1S/C24H15BF5.K/c26-20-19(21(27)23(29)24(30)22(20)28)25(16-10-4-1-5-11-16,17-12-6-2-7-13-17)18-14-8-3-9-15-18;/h1-15H;/q-1;+1. The number of benzene rings is 4. The van der Waals surface area contributed by atoms with Crippen LogP contribution in [0.2, 0.25) is 0 Å². The first-order valence-corrected chi connectivity index (χ1v) is 9.33. The van der Waals surface area contributed by atoms with Crippen LogP contribution >= 0.6 is 0 Å². The Morgan fingerprint density at radius 2 is 0.645 bits per heavy atom. The molecule has 0 aliphatic carbocycles. The van der Waals surface area contributed by atoms with E-state index in [2.05, 4.69) is 0 Å². The molecule has 0 amide bonds. The van der Waals surface area contributed by atoms with E-state index in [9.17, 15) is 13.2 Å². The van der Waals surface area contributed by atoms with E-state index in [0.717, 1.165) is 0 Å². The molecule has 4 rings (SSSR count). The molecule has 0 aliphatic heterocycles. The van der Waals surface area contributed by atoms with Gasteiger partial charge in [0, 0.05) is 0 Å². The first kappa shape index (κ1) is 23.9. The third-order valence-electron chi connectivity index (χ3n) is 5.58. The molecule has 0 fully saturated rings. The Hall–Kier alpha value is -1.77. The van der Waals surface area contributed by atoms with Gasteiger partial charge in [0.2, 0.25) is 0 Å². The summed E-state index contributed by atoms with van der Waals surface area (Å²) in [5.74, 6) is -9.76. The molecule has 7 heteroatoms. The van der Waals surface area contributed by atoms with Crippen molar-refractivity contribution in [3.63, 3.8) is 0 Å². The molecule has 0 heterocycles. The van der Waals surface area contributed by atoms with Crippen LogP contribution in [0.15, 0.2) is 91.0 Å². The van der Waals surface area contributed by atoms with Crippen LogP contribution in [0, 0.1) is 29.1 Å². The first-order chi connectivity index (χ1) is 14.5. The van der Waals surface area contributed by atoms with Crippen LogP contribution in [0.1, 0.15) is 0 Å². The van der Waals surface area contributed by atoms with Gasteiger partial charge in [0.25, 0.3) is 0 Å². The van der Waals surface area contributed by atoms with E-state index in [0.29, 0.717) is 16.4 Å². The van der Waals surface area contributed by atoms with Crippen LogP contribution in [-0.2, 0) is 0 Å². The fourth-order valence-electron chi connectivity index (χ4n) is 4.30. The molecule has 0 spiro atoms. The summed E-state index contributed by atoms with van der Waals surface area (Å²) in [4.78, 5) is 0. The van der Waals surface area contributed by atoms with Crippen LogP contribution in [0.5, 0.6) is 0 Å². The molecule has 4 aromatic rings. The second-order valence-corrected chi connectivity index (χ2v) is 7.08. The largest absolute Gasteiger partial charge is 1.00 e. The van der Waals surface area contributed by atoms with Crippen molar-refractivity contribution in [3.05, 3.63) is 120 Å². The number of hydrogen-bond donors (Lipinski definition) is 0. The molecule has 31 heavy (non-hydrogen) atoms. The zero-order chi connectivity index (χ0) is 21.3. The van der Waals surface area contributed by atoms with E-state index in [1.165, 1.54) is 0 Å². The second-order valence-electron chi connectivity index (χ2n) is 7.08. The average Bonchev–Trinajstić information content (AvgIpc) is 2.81. The minimum Gasteiger partial charge on any atom is -0.207 e. The van der Waals surface area contributed by atoms with E-state index < -0.39 is 40.7 Å². The molecule has 0 saturated carbocycles. The maximum absolute atomic E-state index is 15.2. The van der Waals surface area contributed by atoms with Crippen molar-refractivity contribution >= 4 is 28.0 Å². The Kier molecular flexibility index (Phi) is 7.55. The zero-order valence-electron chi connectivity index (χ0n) is 16.6. The van der Waals surface area contributed by atoms with Crippen LogP contribution in [0.25, 0.3) is 0 Å². The predicted molar refractivity (Wildman–Crippen MR) is 110 cm³/mol. The Labute approximate surface area is 219 Å². The summed E-state index contributed by atoms with van der Waals surface area (Å²) >= 11 is 0. The summed E-state index contributed by atoms with van der Waals surface area (Å²) in [5, 5.41) is 0. The zero-order valence-corrected chi connectivity index (χ0v) is 19.8. The van der Waals surface area contributed by atoms with Gasteiger partial charge >= 0.3 is 51.4 Å². The van der Waals surface area contributed by atoms with E-state index in [1.807, 2.05) is 0 Å². The van der Waals surface area contributed by atoms with Crippen molar-refractivity contribution in [2.45, 2.75) is 0 Å². The minimum absolute atomic E-state index is 0. The summed E-state index contributed by atoms with van der Waals surface area (Å²) in [6, 6.07) is 25.0. The summed E-state index contributed by atoms with van der Waals surface area (Å²) in [5.41, 5.74) is 0.435. The molecule has 150 valence electrons. The Bertz CT molecular complexity index is 1060. The molecule has 0 saturated heterocycles. The van der Waals surface area contributed by atoms with Crippen LogP contribution in [-0.4, -0.2) is 6.15 Å². The average molecular weight is 448 g/mol. The van der Waals surface area contributed by atoms with Crippen LogP contribution in [0.3, 0.4) is 0 Å². The van der Waals surface area contributed by atoms with Crippen molar-refractivity contribution in [2.24, 2.45) is 0 Å². The molecule has 0 atom stereocenters. The van der Waals surface area contributed by atoms with Gasteiger partial charge in [-0.25, -0.2) is 22.0 Å². The fourth-order valence-corrected chi connectivity index (χ4v) is 4.30. The minimum atomic E-state index is -2.72. The fraction of sp³-hybridized carbons (Fsp3) is 0. The maximum atomic E-state index is 15.2. The number of rotatable bonds is 4.